The van der Waals surface area contributed by atoms with E-state index in [1.807, 2.05) is 0 Å². The van der Waals surface area contributed by atoms with Crippen LogP contribution in [-0.2, 0) is 11.8 Å². The number of fused-ring (bicyclic) bond motifs is 1. The largest absolute Gasteiger partial charge is 0.0622 e. The summed E-state index contributed by atoms with van der Waals surface area (Å²) in [6.45, 7) is 12.1. The lowest BCUT2D eigenvalue weighted by Crippen LogP contribution is -2.32. The fourth-order valence-corrected chi connectivity index (χ4v) is 4.11. The minimum atomic E-state index is 0.306. The van der Waals surface area contributed by atoms with Crippen molar-refractivity contribution in [3.8, 4) is 0 Å². The van der Waals surface area contributed by atoms with Crippen molar-refractivity contribution in [1.29, 1.82) is 0 Å². The van der Waals surface area contributed by atoms with Crippen LogP contribution in [0.25, 0.3) is 0 Å². The van der Waals surface area contributed by atoms with Crippen molar-refractivity contribution in [2.24, 2.45) is 11.3 Å². The lowest BCUT2D eigenvalue weighted by atomic mass is 9.64. The standard InChI is InChI=1S/C17H26/c1-13-10-14-8-6-7-9-15(14)17(4,5)12-16(2,3)11-13/h6-9,13H,10-12H2,1-5H3. The molecule has 0 aliphatic heterocycles. The predicted octanol–water partition coefficient (Wildman–Crippen LogP) is 4.96. The molecular weight excluding hydrogens is 204 g/mol. The zero-order chi connectivity index (χ0) is 12.7. The Morgan fingerprint density at radius 3 is 2.41 bits per heavy atom. The van der Waals surface area contributed by atoms with E-state index in [1.165, 1.54) is 19.3 Å². The van der Waals surface area contributed by atoms with E-state index in [0.717, 1.165) is 5.92 Å². The Bertz CT molecular complexity index is 398. The lowest BCUT2D eigenvalue weighted by Gasteiger charge is -2.40. The van der Waals surface area contributed by atoms with Crippen LogP contribution in [0, 0.1) is 11.3 Å². The van der Waals surface area contributed by atoms with Crippen molar-refractivity contribution in [1.82, 2.24) is 0 Å². The third-order valence-electron chi connectivity index (χ3n) is 4.14. The van der Waals surface area contributed by atoms with Gasteiger partial charge in [0.25, 0.3) is 0 Å². The van der Waals surface area contributed by atoms with Gasteiger partial charge in [0.15, 0.2) is 0 Å². The van der Waals surface area contributed by atoms with Crippen molar-refractivity contribution in [3.63, 3.8) is 0 Å². The molecule has 1 unspecified atom stereocenters. The van der Waals surface area contributed by atoms with Gasteiger partial charge in [-0.15, -0.1) is 0 Å². The second-order valence-corrected chi connectivity index (χ2v) is 7.40. The Morgan fingerprint density at radius 2 is 1.71 bits per heavy atom. The topological polar surface area (TPSA) is 0 Å². The molecule has 0 saturated carbocycles. The Kier molecular flexibility index (Phi) is 3.10. The summed E-state index contributed by atoms with van der Waals surface area (Å²) in [4.78, 5) is 0. The van der Waals surface area contributed by atoms with E-state index in [4.69, 9.17) is 0 Å². The first-order valence-corrected chi connectivity index (χ1v) is 6.89. The summed E-state index contributed by atoms with van der Waals surface area (Å²) >= 11 is 0. The molecule has 1 aromatic carbocycles. The zero-order valence-electron chi connectivity index (χ0n) is 12.0. The van der Waals surface area contributed by atoms with E-state index >= 15 is 0 Å². The molecule has 0 amide bonds. The van der Waals surface area contributed by atoms with Gasteiger partial charge in [0.05, 0.1) is 0 Å². The van der Waals surface area contributed by atoms with Gasteiger partial charge in [0.2, 0.25) is 0 Å². The molecule has 0 radical (unpaired) electrons. The maximum atomic E-state index is 2.43. The first-order valence-electron chi connectivity index (χ1n) is 6.89. The average molecular weight is 230 g/mol. The van der Waals surface area contributed by atoms with Crippen LogP contribution in [-0.4, -0.2) is 0 Å². The molecule has 94 valence electrons. The highest BCUT2D eigenvalue weighted by atomic mass is 14.4. The Morgan fingerprint density at radius 1 is 1.06 bits per heavy atom. The summed E-state index contributed by atoms with van der Waals surface area (Å²) in [5, 5.41) is 0. The molecule has 1 aliphatic rings. The van der Waals surface area contributed by atoms with Crippen molar-refractivity contribution in [3.05, 3.63) is 35.4 Å². The van der Waals surface area contributed by atoms with Gasteiger partial charge in [-0.3, -0.25) is 0 Å². The van der Waals surface area contributed by atoms with E-state index in [0.29, 0.717) is 10.8 Å². The molecule has 0 heterocycles. The van der Waals surface area contributed by atoms with Crippen molar-refractivity contribution >= 4 is 0 Å². The van der Waals surface area contributed by atoms with Crippen LogP contribution in [0.5, 0.6) is 0 Å². The van der Waals surface area contributed by atoms with Crippen LogP contribution in [0.3, 0.4) is 0 Å². The molecule has 0 saturated heterocycles. The summed E-state index contributed by atoms with van der Waals surface area (Å²) in [6.07, 6.45) is 3.86. The van der Waals surface area contributed by atoms with Crippen LogP contribution in [0.2, 0.25) is 0 Å². The first-order chi connectivity index (χ1) is 7.80. The normalized spacial score (nSPS) is 26.8. The van der Waals surface area contributed by atoms with Gasteiger partial charge in [-0.05, 0) is 47.1 Å². The summed E-state index contributed by atoms with van der Waals surface area (Å²) in [6, 6.07) is 9.05. The second-order valence-electron chi connectivity index (χ2n) is 7.40. The van der Waals surface area contributed by atoms with Gasteiger partial charge in [-0.2, -0.15) is 0 Å². The SMILES string of the molecule is CC1Cc2ccccc2C(C)(C)CC(C)(C)C1. The molecule has 1 aromatic rings. The van der Waals surface area contributed by atoms with Gasteiger partial charge >= 0.3 is 0 Å². The molecule has 0 heteroatoms. The third-order valence-corrected chi connectivity index (χ3v) is 4.14. The molecule has 0 fully saturated rings. The van der Waals surface area contributed by atoms with Crippen LogP contribution in [0.15, 0.2) is 24.3 Å². The van der Waals surface area contributed by atoms with Crippen LogP contribution in [0.4, 0.5) is 0 Å². The third kappa shape index (κ3) is 2.73. The number of hydrogen-bond acceptors (Lipinski definition) is 0. The molecule has 1 atom stereocenters. The van der Waals surface area contributed by atoms with Gasteiger partial charge in [0, 0.05) is 0 Å². The highest BCUT2D eigenvalue weighted by molar-refractivity contribution is 5.34. The predicted molar refractivity (Wildman–Crippen MR) is 75.4 cm³/mol. The van der Waals surface area contributed by atoms with Crippen LogP contribution < -0.4 is 0 Å². The summed E-state index contributed by atoms with van der Waals surface area (Å²) in [7, 11) is 0. The van der Waals surface area contributed by atoms with E-state index in [2.05, 4.69) is 58.9 Å². The fraction of sp³-hybridized carbons (Fsp3) is 0.647. The number of rotatable bonds is 0. The molecule has 2 rings (SSSR count). The number of hydrogen-bond donors (Lipinski definition) is 0. The van der Waals surface area contributed by atoms with Gasteiger partial charge in [-0.1, -0.05) is 58.9 Å². The van der Waals surface area contributed by atoms with E-state index in [1.54, 1.807) is 11.1 Å². The summed E-state index contributed by atoms with van der Waals surface area (Å²) in [5.74, 6) is 0.794. The van der Waals surface area contributed by atoms with E-state index in [-0.39, 0.29) is 0 Å². The smallest absolute Gasteiger partial charge is 0.00958 e. The molecule has 0 nitrogen and oxygen atoms in total. The zero-order valence-corrected chi connectivity index (χ0v) is 12.0. The molecule has 0 N–H and O–H groups in total. The van der Waals surface area contributed by atoms with Crippen molar-refractivity contribution in [2.45, 2.75) is 59.3 Å². The molecule has 1 aliphatic carbocycles. The van der Waals surface area contributed by atoms with Gasteiger partial charge in [0.1, 0.15) is 0 Å². The number of benzene rings is 1. The Balaban J connectivity index is 2.47. The van der Waals surface area contributed by atoms with Gasteiger partial charge < -0.3 is 0 Å². The average Bonchev–Trinajstić information content (AvgIpc) is 2.13. The van der Waals surface area contributed by atoms with E-state index < -0.39 is 0 Å². The van der Waals surface area contributed by atoms with Crippen LogP contribution in [0.1, 0.15) is 58.6 Å². The maximum Gasteiger partial charge on any atom is -0.00958 e. The summed E-state index contributed by atoms with van der Waals surface area (Å²) in [5.41, 5.74) is 3.90. The molecule has 17 heavy (non-hydrogen) atoms. The first kappa shape index (κ1) is 12.7. The molecule has 0 spiro atoms. The Labute approximate surface area is 106 Å². The molecular formula is C17H26. The highest BCUT2D eigenvalue weighted by Gasteiger charge is 2.34. The Hall–Kier alpha value is -0.780. The van der Waals surface area contributed by atoms with Crippen LogP contribution >= 0.6 is 0 Å². The highest BCUT2D eigenvalue weighted by Crippen LogP contribution is 2.44. The quantitative estimate of drug-likeness (QED) is 0.590. The lowest BCUT2D eigenvalue weighted by molar-refractivity contribution is 0.196. The molecule has 0 aromatic heterocycles. The molecule has 0 bridgehead atoms. The van der Waals surface area contributed by atoms with Gasteiger partial charge in [-0.25, -0.2) is 0 Å². The fourth-order valence-electron chi connectivity index (χ4n) is 4.11. The van der Waals surface area contributed by atoms with E-state index in [9.17, 15) is 0 Å². The second kappa shape index (κ2) is 4.15. The summed E-state index contributed by atoms with van der Waals surface area (Å²) < 4.78 is 0. The minimum absolute atomic E-state index is 0.306. The minimum Gasteiger partial charge on any atom is -0.0622 e. The van der Waals surface area contributed by atoms with Crippen molar-refractivity contribution in [2.75, 3.05) is 0 Å². The maximum absolute atomic E-state index is 2.43. The monoisotopic (exact) mass is 230 g/mol. The van der Waals surface area contributed by atoms with Crippen molar-refractivity contribution < 1.29 is 0 Å².